The van der Waals surface area contributed by atoms with Crippen molar-refractivity contribution < 1.29 is 14.2 Å². The van der Waals surface area contributed by atoms with Gasteiger partial charge >= 0.3 is 0 Å². The second-order valence-corrected chi connectivity index (χ2v) is 5.17. The molecule has 0 saturated carbocycles. The Bertz CT molecular complexity index is 604. The Kier molecular flexibility index (Phi) is 4.45. The first-order valence-corrected chi connectivity index (χ1v) is 6.67. The molecule has 2 aromatic carbocycles. The van der Waals surface area contributed by atoms with Crippen LogP contribution >= 0.6 is 27.5 Å². The van der Waals surface area contributed by atoms with Crippen LogP contribution in [-0.4, -0.2) is 12.2 Å². The summed E-state index contributed by atoms with van der Waals surface area (Å²) in [5.74, 6) is -0.142. The predicted octanol–water partition coefficient (Wildman–Crippen LogP) is 4.33. The maximum absolute atomic E-state index is 13.9. The van der Waals surface area contributed by atoms with Crippen LogP contribution in [0.5, 0.6) is 5.75 Å². The lowest BCUT2D eigenvalue weighted by Gasteiger charge is -2.15. The molecular formula is C14H11BrClFO2. The van der Waals surface area contributed by atoms with Crippen molar-refractivity contribution in [2.24, 2.45) is 0 Å². The van der Waals surface area contributed by atoms with Gasteiger partial charge in [-0.3, -0.25) is 0 Å². The fourth-order valence-electron chi connectivity index (χ4n) is 1.76. The van der Waals surface area contributed by atoms with E-state index in [9.17, 15) is 9.50 Å². The van der Waals surface area contributed by atoms with Crippen molar-refractivity contribution in [1.82, 2.24) is 0 Å². The highest BCUT2D eigenvalue weighted by Gasteiger charge is 2.19. The van der Waals surface area contributed by atoms with E-state index in [1.807, 2.05) is 0 Å². The van der Waals surface area contributed by atoms with E-state index < -0.39 is 11.9 Å². The summed E-state index contributed by atoms with van der Waals surface area (Å²) >= 11 is 9.37. The molecule has 19 heavy (non-hydrogen) atoms. The Balaban J connectivity index is 2.44. The Hall–Kier alpha value is -1.10. The summed E-state index contributed by atoms with van der Waals surface area (Å²) in [6, 6.07) is 9.44. The van der Waals surface area contributed by atoms with Gasteiger partial charge in [0, 0.05) is 21.7 Å². The number of rotatable bonds is 3. The monoisotopic (exact) mass is 344 g/mol. The molecule has 0 saturated heterocycles. The molecule has 0 spiro atoms. The van der Waals surface area contributed by atoms with Gasteiger partial charge in [-0.1, -0.05) is 23.7 Å². The van der Waals surface area contributed by atoms with Crippen LogP contribution in [0.4, 0.5) is 4.39 Å². The maximum atomic E-state index is 13.9. The summed E-state index contributed by atoms with van der Waals surface area (Å²) in [5.41, 5.74) is 0.598. The van der Waals surface area contributed by atoms with Gasteiger partial charge in [-0.05, 0) is 34.1 Å². The number of aliphatic hydroxyl groups excluding tert-OH is 1. The van der Waals surface area contributed by atoms with Gasteiger partial charge in [0.1, 0.15) is 17.7 Å². The average molecular weight is 346 g/mol. The van der Waals surface area contributed by atoms with E-state index in [0.29, 0.717) is 20.8 Å². The SMILES string of the molecule is COc1ccc(C(O)c2cccc(Br)c2Cl)c(F)c1. The number of benzene rings is 2. The molecule has 100 valence electrons. The van der Waals surface area contributed by atoms with Gasteiger partial charge in [-0.25, -0.2) is 4.39 Å². The van der Waals surface area contributed by atoms with Crippen molar-refractivity contribution in [1.29, 1.82) is 0 Å². The normalized spacial score (nSPS) is 12.3. The van der Waals surface area contributed by atoms with Crippen molar-refractivity contribution in [2.75, 3.05) is 7.11 Å². The van der Waals surface area contributed by atoms with Gasteiger partial charge in [0.05, 0.1) is 12.1 Å². The molecule has 2 nitrogen and oxygen atoms in total. The van der Waals surface area contributed by atoms with Crippen LogP contribution in [-0.2, 0) is 0 Å². The minimum absolute atomic E-state index is 0.154. The fraction of sp³-hybridized carbons (Fsp3) is 0.143. The van der Waals surface area contributed by atoms with Gasteiger partial charge in [0.15, 0.2) is 0 Å². The Morgan fingerprint density at radius 1 is 1.26 bits per heavy atom. The fourth-order valence-corrected chi connectivity index (χ4v) is 2.37. The predicted molar refractivity (Wildman–Crippen MR) is 76.2 cm³/mol. The summed E-state index contributed by atoms with van der Waals surface area (Å²) in [5, 5.41) is 10.6. The van der Waals surface area contributed by atoms with Crippen molar-refractivity contribution >= 4 is 27.5 Å². The van der Waals surface area contributed by atoms with Crippen molar-refractivity contribution in [2.45, 2.75) is 6.10 Å². The second kappa shape index (κ2) is 5.90. The largest absolute Gasteiger partial charge is 0.497 e. The second-order valence-electron chi connectivity index (χ2n) is 3.93. The summed E-state index contributed by atoms with van der Waals surface area (Å²) in [7, 11) is 1.45. The van der Waals surface area contributed by atoms with E-state index in [1.54, 1.807) is 24.3 Å². The van der Waals surface area contributed by atoms with Crippen LogP contribution < -0.4 is 4.74 Å². The topological polar surface area (TPSA) is 29.5 Å². The third kappa shape index (κ3) is 2.91. The highest BCUT2D eigenvalue weighted by atomic mass is 79.9. The molecule has 0 amide bonds. The molecule has 2 rings (SSSR count). The lowest BCUT2D eigenvalue weighted by atomic mass is 10.0. The van der Waals surface area contributed by atoms with Crippen LogP contribution in [0, 0.1) is 5.82 Å². The summed E-state index contributed by atoms with van der Waals surface area (Å²) in [6.07, 6.45) is -1.13. The summed E-state index contributed by atoms with van der Waals surface area (Å²) < 4.78 is 19.5. The molecule has 0 radical (unpaired) electrons. The van der Waals surface area contributed by atoms with Crippen LogP contribution in [0.2, 0.25) is 5.02 Å². The van der Waals surface area contributed by atoms with Crippen molar-refractivity contribution in [3.63, 3.8) is 0 Å². The van der Waals surface area contributed by atoms with E-state index >= 15 is 0 Å². The van der Waals surface area contributed by atoms with Gasteiger partial charge in [0.25, 0.3) is 0 Å². The van der Waals surface area contributed by atoms with E-state index in [-0.39, 0.29) is 5.56 Å². The highest BCUT2D eigenvalue weighted by molar-refractivity contribution is 9.10. The quantitative estimate of drug-likeness (QED) is 0.897. The number of ether oxygens (including phenoxy) is 1. The Labute approximate surface area is 123 Å². The highest BCUT2D eigenvalue weighted by Crippen LogP contribution is 2.34. The molecule has 0 bridgehead atoms. The van der Waals surface area contributed by atoms with Crippen LogP contribution in [0.1, 0.15) is 17.2 Å². The lowest BCUT2D eigenvalue weighted by Crippen LogP contribution is -2.04. The number of aliphatic hydroxyl groups is 1. The van der Waals surface area contributed by atoms with E-state index in [0.717, 1.165) is 0 Å². The molecule has 0 aliphatic rings. The molecule has 5 heteroatoms. The number of hydrogen-bond donors (Lipinski definition) is 1. The standard InChI is InChI=1S/C14H11BrClFO2/c1-19-8-5-6-9(12(17)7-8)14(18)10-3-2-4-11(15)13(10)16/h2-7,14,18H,1H3. The smallest absolute Gasteiger partial charge is 0.133 e. The van der Waals surface area contributed by atoms with Gasteiger partial charge in [0.2, 0.25) is 0 Å². The molecule has 0 aliphatic carbocycles. The van der Waals surface area contributed by atoms with Gasteiger partial charge in [-0.15, -0.1) is 0 Å². The molecule has 2 aromatic rings. The molecule has 1 N–H and O–H groups in total. The maximum Gasteiger partial charge on any atom is 0.133 e. The number of halogens is 3. The van der Waals surface area contributed by atoms with Gasteiger partial charge in [-0.2, -0.15) is 0 Å². The van der Waals surface area contributed by atoms with E-state index in [2.05, 4.69) is 15.9 Å². The number of methoxy groups -OCH3 is 1. The van der Waals surface area contributed by atoms with Crippen molar-refractivity contribution in [3.8, 4) is 5.75 Å². The average Bonchev–Trinajstić information content (AvgIpc) is 2.41. The minimum Gasteiger partial charge on any atom is -0.497 e. The Morgan fingerprint density at radius 2 is 2.00 bits per heavy atom. The molecule has 0 aromatic heterocycles. The first-order chi connectivity index (χ1) is 9.04. The first-order valence-electron chi connectivity index (χ1n) is 5.50. The zero-order valence-electron chi connectivity index (χ0n) is 10.0. The summed E-state index contributed by atoms with van der Waals surface area (Å²) in [6.45, 7) is 0. The van der Waals surface area contributed by atoms with Crippen LogP contribution in [0.15, 0.2) is 40.9 Å². The first kappa shape index (κ1) is 14.3. The molecule has 1 atom stereocenters. The lowest BCUT2D eigenvalue weighted by molar-refractivity contribution is 0.214. The molecule has 0 aliphatic heterocycles. The zero-order valence-corrected chi connectivity index (χ0v) is 12.4. The van der Waals surface area contributed by atoms with Gasteiger partial charge < -0.3 is 9.84 Å². The van der Waals surface area contributed by atoms with E-state index in [4.69, 9.17) is 16.3 Å². The van der Waals surface area contributed by atoms with Crippen LogP contribution in [0.3, 0.4) is 0 Å². The van der Waals surface area contributed by atoms with E-state index in [1.165, 1.54) is 19.2 Å². The van der Waals surface area contributed by atoms with Crippen molar-refractivity contribution in [3.05, 3.63) is 62.8 Å². The number of hydrogen-bond acceptors (Lipinski definition) is 2. The summed E-state index contributed by atoms with van der Waals surface area (Å²) in [4.78, 5) is 0. The molecule has 0 heterocycles. The molecule has 1 unspecified atom stereocenters. The molecular weight excluding hydrogens is 335 g/mol. The third-order valence-corrected chi connectivity index (χ3v) is 4.09. The molecule has 0 fully saturated rings. The zero-order chi connectivity index (χ0) is 14.0. The Morgan fingerprint density at radius 3 is 2.63 bits per heavy atom. The minimum atomic E-state index is -1.13. The third-order valence-electron chi connectivity index (χ3n) is 2.78. The van der Waals surface area contributed by atoms with Crippen LogP contribution in [0.25, 0.3) is 0 Å².